The molecule has 1 aliphatic rings. The Labute approximate surface area is 843 Å². The predicted molar refractivity (Wildman–Crippen MR) is 530 cm³/mol. The van der Waals surface area contributed by atoms with Gasteiger partial charge in [0, 0.05) is 82.6 Å². The van der Waals surface area contributed by atoms with E-state index in [9.17, 15) is 96.8 Å². The quantitative estimate of drug-likeness (QED) is 0.0125. The third-order valence-electron chi connectivity index (χ3n) is 22.0. The van der Waals surface area contributed by atoms with Gasteiger partial charge in [-0.2, -0.15) is 12.6 Å². The minimum atomic E-state index is -2.04. The minimum Gasteiger partial charge on any atom is -0.481 e. The van der Waals surface area contributed by atoms with Gasteiger partial charge in [0.25, 0.3) is 0 Å². The fraction of sp³-hybridized carbons (Fsp3) is 0.671. The van der Waals surface area contributed by atoms with Crippen molar-refractivity contribution in [2.45, 2.75) is 293 Å². The molecule has 0 radical (unpaired) electrons. The molecule has 0 saturated carbocycles. The van der Waals surface area contributed by atoms with Crippen LogP contribution in [0.2, 0.25) is 0 Å². The number of aliphatic carboxylic acids is 3. The van der Waals surface area contributed by atoms with E-state index in [1.54, 1.807) is 41.5 Å². The summed E-state index contributed by atoms with van der Waals surface area (Å²) in [6.45, 7) is 11.4. The molecule has 2 rings (SSSR count). The van der Waals surface area contributed by atoms with Crippen molar-refractivity contribution in [3.63, 3.8) is 0 Å². The topological polar surface area (TPSA) is 1000 Å². The Morgan fingerprint density at radius 3 is 0.917 bits per heavy atom. The molecule has 145 heavy (non-hydrogen) atoms. The molecule has 0 unspecified atom stereocenters. The van der Waals surface area contributed by atoms with E-state index in [-0.39, 0.29) is 153 Å². The van der Waals surface area contributed by atoms with E-state index >= 15 is 9.59 Å². The summed E-state index contributed by atoms with van der Waals surface area (Å²) >= 11 is 3.98. The normalized spacial score (nSPS) is 15.1. The number of carboxylic acids is 3. The van der Waals surface area contributed by atoms with E-state index < -0.39 is 290 Å². The lowest BCUT2D eigenvalue weighted by molar-refractivity contribution is -0.142. The first-order valence-corrected chi connectivity index (χ1v) is 48.1. The van der Waals surface area contributed by atoms with Crippen LogP contribution in [-0.4, -0.2) is 322 Å². The molecule has 60 heteroatoms. The molecule has 2 heterocycles. The summed E-state index contributed by atoms with van der Waals surface area (Å²) in [5.41, 5.74) is 39.0. The Morgan fingerprint density at radius 1 is 0.359 bits per heavy atom. The van der Waals surface area contributed by atoms with Crippen LogP contribution in [0.4, 0.5) is 0 Å². The Bertz CT molecular complexity index is 4550. The molecule has 0 bridgehead atoms. The summed E-state index contributed by atoms with van der Waals surface area (Å²) in [6, 6.07) is -24.9. The van der Waals surface area contributed by atoms with Crippen LogP contribution in [0, 0.1) is 50.2 Å². The number of H-pyrrole nitrogens is 1. The maximum Gasteiger partial charge on any atom is 0.327 e. The molecule has 1 aliphatic heterocycles. The summed E-state index contributed by atoms with van der Waals surface area (Å²) in [6.07, 6.45) is -2.51. The number of carbonyl (C=O) groups is 19. The lowest BCUT2D eigenvalue weighted by Gasteiger charge is -2.30. The number of hydrogen-bond acceptors (Lipinski definition) is 28. The number of aromatic amines is 1. The van der Waals surface area contributed by atoms with E-state index in [0.717, 1.165) is 6.92 Å². The molecule has 59 nitrogen and oxygen atoms in total. The Hall–Kier alpha value is -14.9. The van der Waals surface area contributed by atoms with Crippen LogP contribution < -0.4 is 157 Å². The average molecular weight is 2080 g/mol. The lowest BCUT2D eigenvalue weighted by Crippen LogP contribution is -2.61. The highest BCUT2D eigenvalue weighted by atomic mass is 32.1. The zero-order valence-electron chi connectivity index (χ0n) is 82.6. The van der Waals surface area contributed by atoms with Crippen molar-refractivity contribution in [2.75, 3.05) is 51.6 Å². The number of primary amides is 1. The first kappa shape index (κ1) is 126. The maximum absolute atomic E-state index is 15.0. The number of carboxylic acid groups (broad SMARTS) is 3. The summed E-state index contributed by atoms with van der Waals surface area (Å²) in [7, 11) is 0. The van der Waals surface area contributed by atoms with Crippen LogP contribution >= 0.6 is 12.6 Å². The molecular weight excluding hydrogens is 1920 g/mol. The SMILES string of the molecule is CC(C)C[C@H](NC(=O)[C@H](CCCNC(=N)N)NC(=O)[C@H](C)NC(=O)[C@H](CCC(=O)O)NC(=O)[C@H](CCC(=O)O)NC(=O)[C@H](CCC(N)=O)NC(=O)[C@H](CCCNC(=N)N)NC(=O)[C@H](CCCNC(=N)N)NC(=O)[C@H](CCCNC(=N)N)NC(=O)[C@@H](NC(=O)[C@H](CC(C)C)NC(=O)[C@H](Cc1cnc[nH]1)NC(=O)[C@H](CCCNC(=N)N)NC(=O)[C@@H]1CCCN1)C(C)C)C(=O)N[C@@H](CCCNC(=N)N)C(=O)N[C@@H](CS)C(=O)O. The van der Waals surface area contributed by atoms with E-state index in [1.165, 1.54) is 12.5 Å². The smallest absolute Gasteiger partial charge is 0.327 e. The molecule has 16 amide bonds. The number of imidazole rings is 1. The van der Waals surface area contributed by atoms with Crippen molar-refractivity contribution >= 4 is 161 Å². The molecule has 16 atom stereocenters. The number of hydrogen-bond donors (Lipinski definition) is 40. The van der Waals surface area contributed by atoms with E-state index in [2.05, 4.69) is 140 Å². The highest BCUT2D eigenvalue weighted by Crippen LogP contribution is 2.17. The number of amides is 16. The summed E-state index contributed by atoms with van der Waals surface area (Å²) < 4.78 is 0. The number of nitrogens with zero attached hydrogens (tertiary/aromatic N) is 1. The summed E-state index contributed by atoms with van der Waals surface area (Å²) in [5.74, 6) is -25.6. The third kappa shape index (κ3) is 53.1. The van der Waals surface area contributed by atoms with Gasteiger partial charge in [-0.05, 0) is 153 Å². The standard InChI is InChI=1S/C85H151N37O22S/c1-41(2)35-56(75(139)113-51(20-13-33-105-84(95)96)72(136)121-59(39-145)79(143)144)118-70(134)47(16-9-29-101-80(87)88)109-64(128)44(7)108-66(130)54(23-26-61(124)125)115-74(138)55(24-27-62(126)127)116-73(137)53(22-25-60(86)123)114-68(132)49(18-11-31-103-82(91)92)111-67(131)48(17-10-30-102-81(89)90)112-69(133)52(21-14-34-106-85(97)98)117-78(142)63(43(5)6)122-77(141)57(36-42(3)4)119-76(140)58(37-45-38-99-40-107-45)120-71(135)50(19-12-32-104-83(93)94)110-65(129)46-15-8-28-100-46/h38,40-44,46-59,63,100,145H,8-37,39H2,1-7H3,(H2,86,123)(H,99,107)(H,108,130)(H,109,128)(H,110,129)(H,111,131)(H,112,133)(H,113,139)(H,114,132)(H,115,138)(H,116,137)(H,117,142)(H,118,134)(H,119,140)(H,120,135)(H,121,136)(H,122,141)(H,124,125)(H,126,127)(H,143,144)(H4,87,88,101)(H4,89,90,102)(H4,91,92,103)(H4,93,94,104)(H4,95,96,105)(H4,97,98,106)/t44-,46-,47-,48-,49-,50-,51-,52-,53-,54-,55-,56-,57-,58-,59-,63-/m0/s1. The molecule has 814 valence electrons. The molecular formula is C85H151N37O22S. The van der Waals surface area contributed by atoms with Gasteiger partial charge in [-0.1, -0.05) is 41.5 Å². The van der Waals surface area contributed by atoms with Crippen molar-refractivity contribution in [1.29, 1.82) is 32.5 Å². The fourth-order valence-corrected chi connectivity index (χ4v) is 14.7. The Morgan fingerprint density at radius 2 is 0.634 bits per heavy atom. The molecule has 0 aromatic carbocycles. The van der Waals surface area contributed by atoms with Crippen molar-refractivity contribution in [2.24, 2.45) is 57.9 Å². The lowest BCUT2D eigenvalue weighted by atomic mass is 9.98. The molecule has 0 spiro atoms. The molecule has 1 aromatic rings. The fourth-order valence-electron chi connectivity index (χ4n) is 14.5. The van der Waals surface area contributed by atoms with Gasteiger partial charge in [0.15, 0.2) is 35.8 Å². The van der Waals surface area contributed by atoms with Crippen LogP contribution in [0.15, 0.2) is 12.5 Å². The number of nitrogens with one attached hydrogen (secondary N) is 29. The summed E-state index contributed by atoms with van der Waals surface area (Å²) in [4.78, 5) is 273. The zero-order valence-corrected chi connectivity index (χ0v) is 83.5. The van der Waals surface area contributed by atoms with Crippen LogP contribution in [0.25, 0.3) is 0 Å². The molecule has 1 fully saturated rings. The highest BCUT2D eigenvalue weighted by molar-refractivity contribution is 7.80. The van der Waals surface area contributed by atoms with Crippen molar-refractivity contribution < 1.29 is 106 Å². The number of carbonyl (C=O) groups excluding carboxylic acids is 16. The second kappa shape index (κ2) is 67.5. The van der Waals surface area contributed by atoms with Gasteiger partial charge in [0.2, 0.25) is 94.5 Å². The van der Waals surface area contributed by atoms with Gasteiger partial charge in [-0.25, -0.2) is 9.78 Å². The van der Waals surface area contributed by atoms with Crippen LogP contribution in [0.3, 0.4) is 0 Å². The molecule has 0 aliphatic carbocycles. The van der Waals surface area contributed by atoms with Crippen molar-refractivity contribution in [3.05, 3.63) is 18.2 Å². The first-order chi connectivity index (χ1) is 68.2. The van der Waals surface area contributed by atoms with Gasteiger partial charge >= 0.3 is 17.9 Å². The average Bonchev–Trinajstić information content (AvgIpc) is 1.85. The predicted octanol–water partition coefficient (Wildman–Crippen LogP) is -10.7. The Balaban J connectivity index is 2.71. The van der Waals surface area contributed by atoms with Crippen LogP contribution in [0.1, 0.15) is 195 Å². The number of nitrogens with two attached hydrogens (primary N) is 7. The number of aromatic nitrogens is 2. The molecule has 1 aromatic heterocycles. The van der Waals surface area contributed by atoms with Gasteiger partial charge < -0.3 is 177 Å². The second-order valence-electron chi connectivity index (χ2n) is 35.7. The first-order valence-electron chi connectivity index (χ1n) is 47.5. The highest BCUT2D eigenvalue weighted by Gasteiger charge is 2.41. The molecule has 46 N–H and O–H groups in total. The van der Waals surface area contributed by atoms with Crippen LogP contribution in [-0.2, 0) is 97.5 Å². The van der Waals surface area contributed by atoms with Crippen molar-refractivity contribution in [1.82, 2.24) is 127 Å². The maximum atomic E-state index is 15.0. The van der Waals surface area contributed by atoms with Gasteiger partial charge in [0.05, 0.1) is 12.4 Å². The number of rotatable bonds is 72. The van der Waals surface area contributed by atoms with Crippen molar-refractivity contribution in [3.8, 4) is 0 Å². The second-order valence-corrected chi connectivity index (χ2v) is 36.1. The number of thiol groups is 1. The monoisotopic (exact) mass is 2070 g/mol. The Kier molecular flexibility index (Phi) is 58.7. The van der Waals surface area contributed by atoms with Gasteiger partial charge in [0.1, 0.15) is 90.6 Å². The number of guanidine groups is 6. The summed E-state index contributed by atoms with van der Waals surface area (Å²) in [5, 5.41) is 132. The van der Waals surface area contributed by atoms with Crippen LogP contribution in [0.5, 0.6) is 0 Å². The molecule has 1 saturated heterocycles. The van der Waals surface area contributed by atoms with Gasteiger partial charge in [-0.3, -0.25) is 119 Å². The van der Waals surface area contributed by atoms with Gasteiger partial charge in [-0.15, -0.1) is 0 Å². The van der Waals surface area contributed by atoms with E-state index in [1.807, 2.05) is 0 Å². The largest absolute Gasteiger partial charge is 0.481 e. The van der Waals surface area contributed by atoms with E-state index in [0.29, 0.717) is 25.1 Å². The third-order valence-corrected chi connectivity index (χ3v) is 22.4. The minimum absolute atomic E-state index is 0.00822. The van der Waals surface area contributed by atoms with E-state index in [4.69, 9.17) is 72.6 Å². The zero-order chi connectivity index (χ0) is 109.